The average molecular weight is 413 g/mol. The molecule has 130 valence electrons. The lowest BCUT2D eigenvalue weighted by Gasteiger charge is -2.14. The number of ether oxygens (including phenoxy) is 2. The van der Waals surface area contributed by atoms with Gasteiger partial charge in [-0.1, -0.05) is 15.9 Å². The summed E-state index contributed by atoms with van der Waals surface area (Å²) in [6.07, 6.45) is 1.87. The molecule has 1 aromatic heterocycles. The number of guanidine groups is 1. The lowest BCUT2D eigenvalue weighted by molar-refractivity contribution is 0.354. The maximum absolute atomic E-state index is 5.35. The van der Waals surface area contributed by atoms with E-state index < -0.39 is 0 Å². The number of hydrogen-bond donors (Lipinski definition) is 2. The van der Waals surface area contributed by atoms with E-state index in [4.69, 9.17) is 9.47 Å². The van der Waals surface area contributed by atoms with Crippen molar-refractivity contribution in [2.45, 2.75) is 20.0 Å². The first-order chi connectivity index (χ1) is 11.6. The van der Waals surface area contributed by atoms with Gasteiger partial charge in [-0.3, -0.25) is 4.99 Å². The van der Waals surface area contributed by atoms with E-state index in [0.717, 1.165) is 15.0 Å². The Kier molecular flexibility index (Phi) is 6.86. The Morgan fingerprint density at radius 3 is 2.46 bits per heavy atom. The number of nitrogens with zero attached hydrogens (tertiary/aromatic N) is 2. The van der Waals surface area contributed by atoms with Gasteiger partial charge in [-0.15, -0.1) is 11.3 Å². The van der Waals surface area contributed by atoms with Gasteiger partial charge in [0.15, 0.2) is 17.5 Å². The van der Waals surface area contributed by atoms with Crippen molar-refractivity contribution in [3.8, 4) is 11.5 Å². The zero-order valence-electron chi connectivity index (χ0n) is 14.1. The summed E-state index contributed by atoms with van der Waals surface area (Å²) in [5, 5.41) is 7.57. The van der Waals surface area contributed by atoms with E-state index in [-0.39, 0.29) is 0 Å². The molecule has 0 radical (unpaired) electrons. The molecule has 0 atom stereocenters. The molecule has 24 heavy (non-hydrogen) atoms. The molecule has 0 unspecified atom stereocenters. The van der Waals surface area contributed by atoms with Crippen molar-refractivity contribution in [3.05, 3.63) is 38.3 Å². The van der Waals surface area contributed by atoms with Gasteiger partial charge >= 0.3 is 0 Å². The Morgan fingerprint density at radius 1 is 1.21 bits per heavy atom. The van der Waals surface area contributed by atoms with Crippen LogP contribution in [0.15, 0.2) is 27.8 Å². The predicted octanol–water partition coefficient (Wildman–Crippen LogP) is 3.10. The minimum absolute atomic E-state index is 0.595. The van der Waals surface area contributed by atoms with E-state index in [1.165, 1.54) is 4.88 Å². The second kappa shape index (κ2) is 8.89. The zero-order chi connectivity index (χ0) is 17.5. The van der Waals surface area contributed by atoms with Gasteiger partial charge in [0, 0.05) is 29.1 Å². The van der Waals surface area contributed by atoms with Crippen molar-refractivity contribution >= 4 is 33.2 Å². The predicted molar refractivity (Wildman–Crippen MR) is 101 cm³/mol. The molecule has 0 amide bonds. The Hall–Kier alpha value is -1.80. The van der Waals surface area contributed by atoms with Gasteiger partial charge in [-0.25, -0.2) is 4.98 Å². The van der Waals surface area contributed by atoms with Crippen molar-refractivity contribution in [1.29, 1.82) is 0 Å². The molecule has 0 aliphatic rings. The molecule has 8 heteroatoms. The number of nitrogens with one attached hydrogen (secondary N) is 2. The van der Waals surface area contributed by atoms with Gasteiger partial charge in [0.25, 0.3) is 0 Å². The van der Waals surface area contributed by atoms with Gasteiger partial charge in [0.1, 0.15) is 5.01 Å². The fourth-order valence-electron chi connectivity index (χ4n) is 2.07. The van der Waals surface area contributed by atoms with Crippen LogP contribution in [0.1, 0.15) is 15.4 Å². The Bertz CT molecular complexity index is 718. The van der Waals surface area contributed by atoms with E-state index >= 15 is 0 Å². The van der Waals surface area contributed by atoms with E-state index in [0.29, 0.717) is 30.5 Å². The lowest BCUT2D eigenvalue weighted by atomic mass is 10.2. The van der Waals surface area contributed by atoms with Crippen LogP contribution in [0.4, 0.5) is 0 Å². The number of thiazole rings is 1. The third kappa shape index (κ3) is 4.85. The smallest absolute Gasteiger partial charge is 0.191 e. The van der Waals surface area contributed by atoms with Crippen LogP contribution in [0.5, 0.6) is 11.5 Å². The lowest BCUT2D eigenvalue weighted by Crippen LogP contribution is -2.36. The standard InChI is InChI=1S/C16H21BrN4O2S/c1-10-7-19-15(24-10)9-21-16(18-2)20-8-11-5-13(22-3)14(23-4)6-12(11)17/h5-7H,8-9H2,1-4H3,(H2,18,20,21). The molecule has 6 nitrogen and oxygen atoms in total. The number of aromatic nitrogens is 1. The fourth-order valence-corrected chi connectivity index (χ4v) is 3.26. The molecule has 1 heterocycles. The van der Waals surface area contributed by atoms with E-state index in [2.05, 4.69) is 36.5 Å². The van der Waals surface area contributed by atoms with Crippen molar-refractivity contribution in [1.82, 2.24) is 15.6 Å². The molecule has 0 bridgehead atoms. The van der Waals surface area contributed by atoms with Crippen molar-refractivity contribution in [2.24, 2.45) is 4.99 Å². The van der Waals surface area contributed by atoms with E-state index in [1.807, 2.05) is 25.3 Å². The van der Waals surface area contributed by atoms with Crippen molar-refractivity contribution < 1.29 is 9.47 Å². The molecule has 0 aliphatic carbocycles. The molecular weight excluding hydrogens is 392 g/mol. The second-order valence-electron chi connectivity index (χ2n) is 4.94. The summed E-state index contributed by atoms with van der Waals surface area (Å²) in [6.45, 7) is 3.28. The van der Waals surface area contributed by atoms with Crippen LogP contribution in [0.3, 0.4) is 0 Å². The summed E-state index contributed by atoms with van der Waals surface area (Å²) in [6, 6.07) is 3.83. The first-order valence-electron chi connectivity index (χ1n) is 7.33. The molecule has 0 saturated carbocycles. The minimum atomic E-state index is 0.595. The Morgan fingerprint density at radius 2 is 1.88 bits per heavy atom. The van der Waals surface area contributed by atoms with Gasteiger partial charge in [0.2, 0.25) is 0 Å². The molecule has 0 saturated heterocycles. The normalized spacial score (nSPS) is 11.3. The monoisotopic (exact) mass is 412 g/mol. The average Bonchev–Trinajstić information content (AvgIpc) is 3.01. The number of benzene rings is 1. The van der Waals surface area contributed by atoms with Crippen LogP contribution in [0.25, 0.3) is 0 Å². The highest BCUT2D eigenvalue weighted by molar-refractivity contribution is 9.10. The Labute approximate surface area is 154 Å². The van der Waals surface area contributed by atoms with Crippen molar-refractivity contribution in [3.63, 3.8) is 0 Å². The summed E-state index contributed by atoms with van der Waals surface area (Å²) < 4.78 is 11.6. The summed E-state index contributed by atoms with van der Waals surface area (Å²) in [5.41, 5.74) is 1.04. The number of halogens is 1. The van der Waals surface area contributed by atoms with Crippen LogP contribution in [-0.2, 0) is 13.1 Å². The third-order valence-electron chi connectivity index (χ3n) is 3.30. The largest absolute Gasteiger partial charge is 0.493 e. The highest BCUT2D eigenvalue weighted by Crippen LogP contribution is 2.33. The van der Waals surface area contributed by atoms with Crippen LogP contribution in [0.2, 0.25) is 0 Å². The molecular formula is C16H21BrN4O2S. The highest BCUT2D eigenvalue weighted by atomic mass is 79.9. The number of aliphatic imine (C=N–C) groups is 1. The highest BCUT2D eigenvalue weighted by Gasteiger charge is 2.10. The van der Waals surface area contributed by atoms with E-state index in [1.54, 1.807) is 32.6 Å². The zero-order valence-corrected chi connectivity index (χ0v) is 16.5. The molecule has 0 aliphatic heterocycles. The van der Waals surface area contributed by atoms with Gasteiger partial charge in [0.05, 0.1) is 20.8 Å². The number of rotatable bonds is 6. The minimum Gasteiger partial charge on any atom is -0.493 e. The molecule has 0 fully saturated rings. The van der Waals surface area contributed by atoms with Crippen LogP contribution >= 0.6 is 27.3 Å². The summed E-state index contributed by atoms with van der Waals surface area (Å²) >= 11 is 5.23. The number of methoxy groups -OCH3 is 2. The van der Waals surface area contributed by atoms with Gasteiger partial charge in [-0.2, -0.15) is 0 Å². The molecule has 2 aromatic rings. The topological polar surface area (TPSA) is 67.8 Å². The summed E-state index contributed by atoms with van der Waals surface area (Å²) in [7, 11) is 4.99. The SMILES string of the molecule is CN=C(NCc1ncc(C)s1)NCc1cc(OC)c(OC)cc1Br. The molecule has 0 spiro atoms. The Balaban J connectivity index is 1.97. The molecule has 1 aromatic carbocycles. The fraction of sp³-hybridized carbons (Fsp3) is 0.375. The van der Waals surface area contributed by atoms with Crippen molar-refractivity contribution in [2.75, 3.05) is 21.3 Å². The first kappa shape index (κ1) is 18.5. The molecule has 2 N–H and O–H groups in total. The molecule has 2 rings (SSSR count). The van der Waals surface area contributed by atoms with Crippen LogP contribution < -0.4 is 20.1 Å². The number of aryl methyl sites for hydroxylation is 1. The number of hydrogen-bond acceptors (Lipinski definition) is 5. The second-order valence-corrected chi connectivity index (χ2v) is 7.12. The van der Waals surface area contributed by atoms with Crippen LogP contribution in [-0.4, -0.2) is 32.2 Å². The first-order valence-corrected chi connectivity index (χ1v) is 8.94. The maximum atomic E-state index is 5.35. The van der Waals surface area contributed by atoms with Gasteiger partial charge < -0.3 is 20.1 Å². The van der Waals surface area contributed by atoms with Crippen LogP contribution in [0, 0.1) is 6.92 Å². The maximum Gasteiger partial charge on any atom is 0.191 e. The summed E-state index contributed by atoms with van der Waals surface area (Å²) in [4.78, 5) is 9.76. The van der Waals surface area contributed by atoms with Gasteiger partial charge in [-0.05, 0) is 24.6 Å². The summed E-state index contributed by atoms with van der Waals surface area (Å²) in [5.74, 6) is 2.10. The third-order valence-corrected chi connectivity index (χ3v) is 4.95. The quantitative estimate of drug-likeness (QED) is 0.563. The van der Waals surface area contributed by atoms with E-state index in [9.17, 15) is 0 Å².